The van der Waals surface area contributed by atoms with Gasteiger partial charge in [0.15, 0.2) is 8.32 Å². The van der Waals surface area contributed by atoms with Crippen molar-refractivity contribution in [2.24, 2.45) is 0 Å². The van der Waals surface area contributed by atoms with Gasteiger partial charge in [-0.15, -0.1) is 11.3 Å². The summed E-state index contributed by atoms with van der Waals surface area (Å²) in [6.45, 7) is 11.2. The van der Waals surface area contributed by atoms with Crippen LogP contribution in [0.5, 0.6) is 0 Å². The Kier molecular flexibility index (Phi) is 10.7. The van der Waals surface area contributed by atoms with Crippen molar-refractivity contribution in [3.05, 3.63) is 31.3 Å². The van der Waals surface area contributed by atoms with Gasteiger partial charge in [-0.05, 0) is 76.2 Å². The summed E-state index contributed by atoms with van der Waals surface area (Å²) >= 11 is 4.00. The molecule has 0 aromatic carbocycles. The molecule has 1 N–H and O–H groups in total. The van der Waals surface area contributed by atoms with Crippen LogP contribution in [0.25, 0.3) is 6.08 Å². The number of aromatic nitrogens is 1. The van der Waals surface area contributed by atoms with Gasteiger partial charge in [0.1, 0.15) is 0 Å². The summed E-state index contributed by atoms with van der Waals surface area (Å²) in [5, 5.41) is 12.3. The molecule has 142 valence electrons. The minimum absolute atomic E-state index is 0.0944. The number of hydrogen-bond acceptors (Lipinski definition) is 4. The van der Waals surface area contributed by atoms with Crippen molar-refractivity contribution < 1.29 is 9.53 Å². The summed E-state index contributed by atoms with van der Waals surface area (Å²) in [6.07, 6.45) is 6.06. The summed E-state index contributed by atoms with van der Waals surface area (Å²) in [5.41, 5.74) is 2.27. The van der Waals surface area contributed by atoms with Crippen LogP contribution in [0.1, 0.15) is 51.2 Å². The van der Waals surface area contributed by atoms with E-state index in [-0.39, 0.29) is 12.7 Å². The Morgan fingerprint density at radius 2 is 2.00 bits per heavy atom. The SMILES string of the molecule is CC[Si](CC)(CC)O[C@@H](C/C=C(\I)CCO)/C(C)=C/c1csc(C)n1. The highest BCUT2D eigenvalue weighted by atomic mass is 127. The second-order valence-electron chi connectivity index (χ2n) is 6.39. The van der Waals surface area contributed by atoms with Crippen molar-refractivity contribution in [2.75, 3.05) is 6.61 Å². The van der Waals surface area contributed by atoms with E-state index in [4.69, 9.17) is 9.53 Å². The summed E-state index contributed by atoms with van der Waals surface area (Å²) in [6, 6.07) is 3.45. The molecule has 0 spiro atoms. The van der Waals surface area contributed by atoms with Crippen molar-refractivity contribution in [3.8, 4) is 0 Å². The molecule has 1 rings (SSSR count). The van der Waals surface area contributed by atoms with Crippen LogP contribution in [0, 0.1) is 6.92 Å². The Labute approximate surface area is 171 Å². The Hall–Kier alpha value is -0.0231. The fourth-order valence-electron chi connectivity index (χ4n) is 2.85. The molecule has 1 heterocycles. The van der Waals surface area contributed by atoms with E-state index in [1.54, 1.807) is 11.3 Å². The lowest BCUT2D eigenvalue weighted by atomic mass is 10.1. The fraction of sp³-hybridized carbons (Fsp3) is 0.632. The van der Waals surface area contributed by atoms with Gasteiger partial charge >= 0.3 is 0 Å². The molecular weight excluding hydrogens is 461 g/mol. The van der Waals surface area contributed by atoms with Crippen LogP contribution in [-0.4, -0.2) is 31.1 Å². The maximum atomic E-state index is 9.12. The second kappa shape index (κ2) is 11.6. The molecule has 3 nitrogen and oxygen atoms in total. The molecular formula is C19H32INO2SSi. The zero-order valence-corrected chi connectivity index (χ0v) is 20.1. The van der Waals surface area contributed by atoms with Crippen LogP contribution in [0.15, 0.2) is 20.6 Å². The topological polar surface area (TPSA) is 42.4 Å². The Morgan fingerprint density at radius 3 is 2.48 bits per heavy atom. The van der Waals surface area contributed by atoms with Gasteiger partial charge in [0.2, 0.25) is 0 Å². The quantitative estimate of drug-likeness (QED) is 0.289. The average Bonchev–Trinajstić information content (AvgIpc) is 3.01. The third-order valence-electron chi connectivity index (χ3n) is 4.75. The summed E-state index contributed by atoms with van der Waals surface area (Å²) in [4.78, 5) is 4.56. The van der Waals surface area contributed by atoms with E-state index in [1.165, 1.54) is 9.15 Å². The Balaban J connectivity index is 3.04. The highest BCUT2D eigenvalue weighted by Crippen LogP contribution is 2.29. The predicted octanol–water partition coefficient (Wildman–Crippen LogP) is 6.34. The van der Waals surface area contributed by atoms with Crippen LogP contribution in [-0.2, 0) is 4.43 Å². The van der Waals surface area contributed by atoms with Crippen molar-refractivity contribution >= 4 is 48.3 Å². The van der Waals surface area contributed by atoms with E-state index in [0.29, 0.717) is 0 Å². The normalized spacial score (nSPS) is 14.8. The van der Waals surface area contributed by atoms with Crippen molar-refractivity contribution in [1.29, 1.82) is 0 Å². The fourth-order valence-corrected chi connectivity index (χ4v) is 6.80. The van der Waals surface area contributed by atoms with Gasteiger partial charge in [-0.1, -0.05) is 26.8 Å². The average molecular weight is 494 g/mol. The van der Waals surface area contributed by atoms with Crippen LogP contribution >= 0.6 is 33.9 Å². The zero-order chi connectivity index (χ0) is 18.9. The van der Waals surface area contributed by atoms with E-state index in [9.17, 15) is 0 Å². The van der Waals surface area contributed by atoms with Crippen LogP contribution < -0.4 is 0 Å². The number of nitrogens with zero attached hydrogens (tertiary/aromatic N) is 1. The molecule has 0 bridgehead atoms. The number of hydrogen-bond donors (Lipinski definition) is 1. The molecule has 0 saturated carbocycles. The summed E-state index contributed by atoms with van der Waals surface area (Å²) < 4.78 is 7.99. The monoisotopic (exact) mass is 493 g/mol. The molecule has 0 saturated heterocycles. The van der Waals surface area contributed by atoms with Crippen LogP contribution in [0.4, 0.5) is 0 Å². The van der Waals surface area contributed by atoms with Crippen LogP contribution in [0.3, 0.4) is 0 Å². The highest BCUT2D eigenvalue weighted by molar-refractivity contribution is 14.1. The third kappa shape index (κ3) is 7.62. The smallest absolute Gasteiger partial charge is 0.192 e. The van der Waals surface area contributed by atoms with Crippen LogP contribution in [0.2, 0.25) is 18.1 Å². The maximum Gasteiger partial charge on any atom is 0.192 e. The highest BCUT2D eigenvalue weighted by Gasteiger charge is 2.32. The molecule has 1 aromatic rings. The first-order chi connectivity index (χ1) is 11.9. The molecule has 0 radical (unpaired) electrons. The molecule has 0 fully saturated rings. The minimum atomic E-state index is -1.69. The second-order valence-corrected chi connectivity index (χ2v) is 13.6. The lowest BCUT2D eigenvalue weighted by molar-refractivity contribution is 0.225. The first-order valence-corrected chi connectivity index (χ1v) is 13.6. The van der Waals surface area contributed by atoms with Gasteiger partial charge in [-0.3, -0.25) is 0 Å². The number of halogens is 1. The molecule has 25 heavy (non-hydrogen) atoms. The minimum Gasteiger partial charge on any atom is -0.410 e. The van der Waals surface area contributed by atoms with E-state index in [0.717, 1.165) is 41.7 Å². The first-order valence-electron chi connectivity index (χ1n) is 9.13. The van der Waals surface area contributed by atoms with Crippen molar-refractivity contribution in [3.63, 3.8) is 0 Å². The molecule has 0 amide bonds. The summed E-state index contributed by atoms with van der Waals surface area (Å²) in [7, 11) is -1.69. The predicted molar refractivity (Wildman–Crippen MR) is 121 cm³/mol. The molecule has 0 aliphatic heterocycles. The molecule has 1 aromatic heterocycles. The van der Waals surface area contributed by atoms with Gasteiger partial charge in [0.25, 0.3) is 0 Å². The van der Waals surface area contributed by atoms with Gasteiger partial charge < -0.3 is 9.53 Å². The van der Waals surface area contributed by atoms with E-state index in [2.05, 4.69) is 72.8 Å². The van der Waals surface area contributed by atoms with Gasteiger partial charge in [0, 0.05) is 18.4 Å². The van der Waals surface area contributed by atoms with Gasteiger partial charge in [-0.2, -0.15) is 0 Å². The number of aryl methyl sites for hydroxylation is 1. The number of rotatable bonds is 11. The maximum absolute atomic E-state index is 9.12. The van der Waals surface area contributed by atoms with E-state index < -0.39 is 8.32 Å². The molecule has 0 unspecified atom stereocenters. The Morgan fingerprint density at radius 1 is 1.36 bits per heavy atom. The van der Waals surface area contributed by atoms with E-state index >= 15 is 0 Å². The first kappa shape index (κ1) is 23.0. The number of aliphatic hydroxyl groups is 1. The molecule has 1 atom stereocenters. The zero-order valence-electron chi connectivity index (χ0n) is 16.1. The number of aliphatic hydroxyl groups excluding tert-OH is 1. The molecule has 0 aliphatic rings. The van der Waals surface area contributed by atoms with Crippen molar-refractivity contribution in [2.45, 2.75) is 71.7 Å². The molecule has 0 aliphatic carbocycles. The lowest BCUT2D eigenvalue weighted by Crippen LogP contribution is -2.40. The lowest BCUT2D eigenvalue weighted by Gasteiger charge is -2.33. The van der Waals surface area contributed by atoms with Crippen molar-refractivity contribution in [1.82, 2.24) is 4.98 Å². The third-order valence-corrected chi connectivity index (χ3v) is 11.2. The largest absolute Gasteiger partial charge is 0.410 e. The summed E-state index contributed by atoms with van der Waals surface area (Å²) in [5.74, 6) is 0. The standard InChI is InChI=1S/C19H32INO2SSi/c1-6-25(7-2,8-3)23-19(10-9-17(20)11-12-22)15(4)13-18-14-24-16(5)21-18/h9,13-14,19,22H,6-8,10-12H2,1-5H3/b15-13+,17-9-/t19-/m0/s1. The Bertz CT molecular complexity index is 573. The van der Waals surface area contributed by atoms with Gasteiger partial charge in [0.05, 0.1) is 16.8 Å². The number of thiazole rings is 1. The van der Waals surface area contributed by atoms with E-state index in [1.807, 2.05) is 6.92 Å². The van der Waals surface area contributed by atoms with Gasteiger partial charge in [-0.25, -0.2) is 4.98 Å². The molecule has 6 heteroatoms.